The van der Waals surface area contributed by atoms with Gasteiger partial charge in [-0.15, -0.1) is 0 Å². The first-order chi connectivity index (χ1) is 9.72. The molecule has 1 aliphatic carbocycles. The van der Waals surface area contributed by atoms with Gasteiger partial charge in [0.05, 0.1) is 0 Å². The van der Waals surface area contributed by atoms with Gasteiger partial charge in [-0.05, 0) is 40.8 Å². The number of nitrogens with one attached hydrogen (secondary N) is 1. The van der Waals surface area contributed by atoms with E-state index >= 15 is 0 Å². The summed E-state index contributed by atoms with van der Waals surface area (Å²) in [6.07, 6.45) is 2.63. The van der Waals surface area contributed by atoms with Crippen molar-refractivity contribution in [2.24, 2.45) is 5.73 Å². The number of amidine groups is 1. The minimum atomic E-state index is 0.133. The topological polar surface area (TPSA) is 53.1 Å². The largest absolute Gasteiger partial charge is 0.384 e. The van der Waals surface area contributed by atoms with E-state index in [1.807, 2.05) is 12.1 Å². The third-order valence-electron chi connectivity index (χ3n) is 3.68. The van der Waals surface area contributed by atoms with E-state index in [-0.39, 0.29) is 5.84 Å². The number of benzene rings is 1. The number of hydrogen-bond donors (Lipinski definition) is 2. The standard InChI is InChI=1S/C16H19N3S/c17-16(18)14-3-1-12(2-4-14)9-19(15-5-6-15)10-13-7-8-20-11-13/h1-4,7-8,11,15H,5-6,9-10H2,(H3,17,18). The summed E-state index contributed by atoms with van der Waals surface area (Å²) in [5, 5.41) is 11.8. The quantitative estimate of drug-likeness (QED) is 0.632. The molecule has 4 heteroatoms. The summed E-state index contributed by atoms with van der Waals surface area (Å²) in [6, 6.07) is 11.0. The Labute approximate surface area is 123 Å². The summed E-state index contributed by atoms with van der Waals surface area (Å²) in [7, 11) is 0. The van der Waals surface area contributed by atoms with E-state index in [1.165, 1.54) is 24.0 Å². The molecule has 2 aromatic rings. The normalized spacial score (nSPS) is 14.7. The molecule has 104 valence electrons. The van der Waals surface area contributed by atoms with Crippen LogP contribution in [0.25, 0.3) is 0 Å². The summed E-state index contributed by atoms with van der Waals surface area (Å²) >= 11 is 1.76. The maximum Gasteiger partial charge on any atom is 0.122 e. The van der Waals surface area contributed by atoms with Crippen LogP contribution < -0.4 is 5.73 Å². The minimum absolute atomic E-state index is 0.133. The van der Waals surface area contributed by atoms with E-state index < -0.39 is 0 Å². The lowest BCUT2D eigenvalue weighted by atomic mass is 10.1. The maximum atomic E-state index is 7.42. The van der Waals surface area contributed by atoms with Crippen molar-refractivity contribution in [2.75, 3.05) is 0 Å². The van der Waals surface area contributed by atoms with Crippen molar-refractivity contribution >= 4 is 17.2 Å². The number of rotatable bonds is 6. The Morgan fingerprint density at radius 2 is 1.85 bits per heavy atom. The highest BCUT2D eigenvalue weighted by Gasteiger charge is 2.28. The van der Waals surface area contributed by atoms with Gasteiger partial charge in [0.25, 0.3) is 0 Å². The molecule has 0 aliphatic heterocycles. The second-order valence-electron chi connectivity index (χ2n) is 5.38. The Balaban J connectivity index is 1.68. The van der Waals surface area contributed by atoms with Gasteiger partial charge < -0.3 is 5.73 Å². The summed E-state index contributed by atoms with van der Waals surface area (Å²) in [5.41, 5.74) is 8.98. The number of nitrogens with two attached hydrogens (primary N) is 1. The van der Waals surface area contributed by atoms with Crippen molar-refractivity contribution in [1.29, 1.82) is 5.41 Å². The Morgan fingerprint density at radius 1 is 1.15 bits per heavy atom. The van der Waals surface area contributed by atoms with Crippen LogP contribution >= 0.6 is 11.3 Å². The third kappa shape index (κ3) is 3.26. The van der Waals surface area contributed by atoms with Gasteiger partial charge in [-0.2, -0.15) is 11.3 Å². The molecular formula is C16H19N3S. The molecule has 1 heterocycles. The monoisotopic (exact) mass is 285 g/mol. The molecule has 0 bridgehead atoms. The molecule has 1 saturated carbocycles. The van der Waals surface area contributed by atoms with Gasteiger partial charge in [-0.3, -0.25) is 10.3 Å². The molecule has 1 aromatic heterocycles. The second kappa shape index (κ2) is 5.77. The smallest absolute Gasteiger partial charge is 0.122 e. The van der Waals surface area contributed by atoms with Crippen molar-refractivity contribution in [3.05, 3.63) is 57.8 Å². The molecule has 1 aliphatic rings. The molecule has 0 atom stereocenters. The summed E-state index contributed by atoms with van der Waals surface area (Å²) in [6.45, 7) is 2.00. The van der Waals surface area contributed by atoms with Gasteiger partial charge in [-0.25, -0.2) is 0 Å². The van der Waals surface area contributed by atoms with Crippen molar-refractivity contribution < 1.29 is 0 Å². The first-order valence-electron chi connectivity index (χ1n) is 6.91. The molecule has 3 nitrogen and oxygen atoms in total. The van der Waals surface area contributed by atoms with Gasteiger partial charge in [0.2, 0.25) is 0 Å². The predicted octanol–water partition coefficient (Wildman–Crippen LogP) is 3.20. The van der Waals surface area contributed by atoms with E-state index in [2.05, 4.69) is 33.9 Å². The zero-order valence-corrected chi connectivity index (χ0v) is 12.2. The van der Waals surface area contributed by atoms with E-state index in [1.54, 1.807) is 11.3 Å². The minimum Gasteiger partial charge on any atom is -0.384 e. The Hall–Kier alpha value is -1.65. The van der Waals surface area contributed by atoms with E-state index in [4.69, 9.17) is 11.1 Å². The van der Waals surface area contributed by atoms with E-state index in [0.29, 0.717) is 0 Å². The second-order valence-corrected chi connectivity index (χ2v) is 6.16. The number of hydrogen-bond acceptors (Lipinski definition) is 3. The zero-order valence-electron chi connectivity index (χ0n) is 11.4. The molecular weight excluding hydrogens is 266 g/mol. The molecule has 1 fully saturated rings. The highest BCUT2D eigenvalue weighted by molar-refractivity contribution is 7.07. The third-order valence-corrected chi connectivity index (χ3v) is 4.41. The van der Waals surface area contributed by atoms with Crippen molar-refractivity contribution in [1.82, 2.24) is 4.90 Å². The van der Waals surface area contributed by atoms with Gasteiger partial charge in [0.15, 0.2) is 0 Å². The lowest BCUT2D eigenvalue weighted by molar-refractivity contribution is 0.246. The van der Waals surface area contributed by atoms with E-state index in [9.17, 15) is 0 Å². The number of nitrogen functional groups attached to an aromatic ring is 1. The molecule has 0 amide bonds. The van der Waals surface area contributed by atoms with Crippen LogP contribution in [-0.2, 0) is 13.1 Å². The van der Waals surface area contributed by atoms with Crippen LogP contribution in [0.3, 0.4) is 0 Å². The summed E-state index contributed by atoms with van der Waals surface area (Å²) in [4.78, 5) is 2.55. The van der Waals surface area contributed by atoms with Crippen LogP contribution in [-0.4, -0.2) is 16.8 Å². The van der Waals surface area contributed by atoms with Gasteiger partial charge in [0, 0.05) is 24.7 Å². The van der Waals surface area contributed by atoms with Crippen LogP contribution in [0.1, 0.15) is 29.5 Å². The molecule has 3 N–H and O–H groups in total. The fourth-order valence-corrected chi connectivity index (χ4v) is 3.05. The number of thiophene rings is 1. The maximum absolute atomic E-state index is 7.42. The van der Waals surface area contributed by atoms with Gasteiger partial charge in [-0.1, -0.05) is 24.3 Å². The Bertz CT molecular complexity index is 570. The average molecular weight is 285 g/mol. The van der Waals surface area contributed by atoms with Crippen LogP contribution in [0.2, 0.25) is 0 Å². The fourth-order valence-electron chi connectivity index (χ4n) is 2.40. The highest BCUT2D eigenvalue weighted by Crippen LogP contribution is 2.30. The molecule has 20 heavy (non-hydrogen) atoms. The van der Waals surface area contributed by atoms with Crippen molar-refractivity contribution in [2.45, 2.75) is 32.0 Å². The van der Waals surface area contributed by atoms with Crippen LogP contribution in [0.5, 0.6) is 0 Å². The Kier molecular flexibility index (Phi) is 3.85. The molecule has 0 saturated heterocycles. The molecule has 0 spiro atoms. The summed E-state index contributed by atoms with van der Waals surface area (Å²) < 4.78 is 0. The van der Waals surface area contributed by atoms with E-state index in [0.717, 1.165) is 24.7 Å². The first-order valence-corrected chi connectivity index (χ1v) is 7.85. The lowest BCUT2D eigenvalue weighted by Crippen LogP contribution is -2.24. The number of nitrogens with zero attached hydrogens (tertiary/aromatic N) is 1. The molecule has 0 unspecified atom stereocenters. The van der Waals surface area contributed by atoms with Gasteiger partial charge >= 0.3 is 0 Å². The average Bonchev–Trinajstić information content (AvgIpc) is 3.17. The predicted molar refractivity (Wildman–Crippen MR) is 84.0 cm³/mol. The summed E-state index contributed by atoms with van der Waals surface area (Å²) in [5.74, 6) is 0.133. The fraction of sp³-hybridized carbons (Fsp3) is 0.312. The van der Waals surface area contributed by atoms with Crippen LogP contribution in [0, 0.1) is 5.41 Å². The molecule has 3 rings (SSSR count). The first kappa shape index (κ1) is 13.3. The van der Waals surface area contributed by atoms with Crippen molar-refractivity contribution in [3.8, 4) is 0 Å². The van der Waals surface area contributed by atoms with Crippen LogP contribution in [0.15, 0.2) is 41.1 Å². The van der Waals surface area contributed by atoms with Crippen LogP contribution in [0.4, 0.5) is 0 Å². The molecule has 1 aromatic carbocycles. The highest BCUT2D eigenvalue weighted by atomic mass is 32.1. The zero-order chi connectivity index (χ0) is 13.9. The lowest BCUT2D eigenvalue weighted by Gasteiger charge is -2.21. The SMILES string of the molecule is N=C(N)c1ccc(CN(Cc2ccsc2)C2CC2)cc1. The Morgan fingerprint density at radius 3 is 2.40 bits per heavy atom. The van der Waals surface area contributed by atoms with Crippen molar-refractivity contribution in [3.63, 3.8) is 0 Å². The van der Waals surface area contributed by atoms with Gasteiger partial charge in [0.1, 0.15) is 5.84 Å². The molecule has 0 radical (unpaired) electrons.